The number of aromatic hydroxyl groups is 2. The second-order valence-electron chi connectivity index (χ2n) is 3.59. The number of hydrogen-bond acceptors (Lipinski definition) is 4. The van der Waals surface area contributed by atoms with Gasteiger partial charge in [-0.2, -0.15) is 0 Å². The van der Waals surface area contributed by atoms with E-state index >= 15 is 0 Å². The average Bonchev–Trinajstić information content (AvgIpc) is 2.36. The number of phenols is 2. The highest BCUT2D eigenvalue weighted by Crippen LogP contribution is 2.40. The van der Waals surface area contributed by atoms with E-state index in [-0.39, 0.29) is 17.1 Å². The van der Waals surface area contributed by atoms with Crippen LogP contribution in [0.15, 0.2) is 42.5 Å². The molecule has 0 atom stereocenters. The molecule has 0 aliphatic rings. The van der Waals surface area contributed by atoms with Crippen molar-refractivity contribution < 1.29 is 19.7 Å². The largest absolute Gasteiger partial charge is 0.504 e. The molecule has 5 nitrogen and oxygen atoms in total. The summed E-state index contributed by atoms with van der Waals surface area (Å²) < 4.78 is 5.37. The molecular formula is C13H11NO4. The van der Waals surface area contributed by atoms with E-state index in [1.165, 1.54) is 12.1 Å². The van der Waals surface area contributed by atoms with Crippen LogP contribution in [0.2, 0.25) is 0 Å². The van der Waals surface area contributed by atoms with E-state index in [2.05, 4.69) is 0 Å². The summed E-state index contributed by atoms with van der Waals surface area (Å²) in [5, 5.41) is 19.1. The van der Waals surface area contributed by atoms with Gasteiger partial charge in [-0.15, -0.1) is 0 Å². The van der Waals surface area contributed by atoms with Crippen LogP contribution in [0.1, 0.15) is 10.4 Å². The van der Waals surface area contributed by atoms with E-state index < -0.39 is 11.7 Å². The summed E-state index contributed by atoms with van der Waals surface area (Å²) in [5.41, 5.74) is 5.17. The summed E-state index contributed by atoms with van der Waals surface area (Å²) in [6.45, 7) is 0. The van der Waals surface area contributed by atoms with E-state index in [1.807, 2.05) is 0 Å². The highest BCUT2D eigenvalue weighted by molar-refractivity contribution is 5.97. The fourth-order valence-electron chi connectivity index (χ4n) is 1.46. The van der Waals surface area contributed by atoms with Gasteiger partial charge in [0.1, 0.15) is 5.75 Å². The summed E-state index contributed by atoms with van der Waals surface area (Å²) in [5.74, 6) is -1.40. The quantitative estimate of drug-likeness (QED) is 0.721. The molecule has 2 aromatic carbocycles. The Labute approximate surface area is 103 Å². The Morgan fingerprint density at radius 2 is 1.72 bits per heavy atom. The molecule has 0 spiro atoms. The lowest BCUT2D eigenvalue weighted by Gasteiger charge is -2.11. The van der Waals surface area contributed by atoms with Crippen LogP contribution in [-0.2, 0) is 0 Å². The molecule has 2 rings (SSSR count). The molecule has 0 radical (unpaired) electrons. The fraction of sp³-hybridized carbons (Fsp3) is 0. The molecule has 0 bridgehead atoms. The van der Waals surface area contributed by atoms with Crippen molar-refractivity contribution in [1.29, 1.82) is 0 Å². The van der Waals surface area contributed by atoms with Crippen LogP contribution in [0.3, 0.4) is 0 Å². The molecule has 0 fully saturated rings. The van der Waals surface area contributed by atoms with Crippen molar-refractivity contribution in [2.24, 2.45) is 5.73 Å². The first-order valence-electron chi connectivity index (χ1n) is 5.17. The highest BCUT2D eigenvalue weighted by Gasteiger charge is 2.18. The maximum absolute atomic E-state index is 11.2. The van der Waals surface area contributed by atoms with Crippen molar-refractivity contribution in [2.75, 3.05) is 0 Å². The fourth-order valence-corrected chi connectivity index (χ4v) is 1.46. The molecule has 0 aliphatic heterocycles. The third kappa shape index (κ3) is 2.20. The minimum absolute atomic E-state index is 0.00541. The van der Waals surface area contributed by atoms with Gasteiger partial charge in [-0.1, -0.05) is 18.2 Å². The Hall–Kier alpha value is -2.69. The van der Waals surface area contributed by atoms with Crippen LogP contribution in [0.25, 0.3) is 0 Å². The lowest BCUT2D eigenvalue weighted by Crippen LogP contribution is -2.12. The Balaban J connectivity index is 2.48. The molecule has 0 heterocycles. The van der Waals surface area contributed by atoms with E-state index in [0.717, 1.165) is 0 Å². The number of primary amides is 1. The van der Waals surface area contributed by atoms with E-state index in [1.54, 1.807) is 30.3 Å². The number of para-hydroxylation sites is 1. The number of carbonyl (C=O) groups excluding carboxylic acids is 1. The lowest BCUT2D eigenvalue weighted by molar-refractivity contribution is 0.0997. The van der Waals surface area contributed by atoms with Crippen molar-refractivity contribution in [3.8, 4) is 23.0 Å². The van der Waals surface area contributed by atoms with Crippen LogP contribution in [0.4, 0.5) is 0 Å². The number of phenolic OH excluding ortho intramolecular Hbond substituents is 2. The number of carbonyl (C=O) groups is 1. The summed E-state index contributed by atoms with van der Waals surface area (Å²) in [7, 11) is 0. The molecule has 5 heteroatoms. The van der Waals surface area contributed by atoms with Gasteiger partial charge in [0.2, 0.25) is 5.75 Å². The summed E-state index contributed by atoms with van der Waals surface area (Å²) in [6, 6.07) is 11.0. The van der Waals surface area contributed by atoms with Crippen LogP contribution in [0.5, 0.6) is 23.0 Å². The number of benzene rings is 2. The SMILES string of the molecule is NC(=O)c1ccc(O)c(O)c1Oc1ccccc1. The Bertz CT molecular complexity index is 581. The zero-order valence-electron chi connectivity index (χ0n) is 9.33. The van der Waals surface area contributed by atoms with Gasteiger partial charge in [0.15, 0.2) is 11.5 Å². The van der Waals surface area contributed by atoms with Crippen LogP contribution >= 0.6 is 0 Å². The van der Waals surface area contributed by atoms with Crippen LogP contribution in [0, 0.1) is 0 Å². The van der Waals surface area contributed by atoms with Crippen LogP contribution in [-0.4, -0.2) is 16.1 Å². The first-order valence-corrected chi connectivity index (χ1v) is 5.17. The number of amides is 1. The number of nitrogens with two attached hydrogens (primary N) is 1. The summed E-state index contributed by atoms with van der Waals surface area (Å²) >= 11 is 0. The van der Waals surface area contributed by atoms with Crippen molar-refractivity contribution in [3.63, 3.8) is 0 Å². The molecule has 0 saturated heterocycles. The molecule has 4 N–H and O–H groups in total. The Morgan fingerprint density at radius 1 is 1.06 bits per heavy atom. The minimum Gasteiger partial charge on any atom is -0.504 e. The third-order valence-electron chi connectivity index (χ3n) is 2.34. The normalized spacial score (nSPS) is 10.0. The highest BCUT2D eigenvalue weighted by atomic mass is 16.5. The minimum atomic E-state index is -0.753. The van der Waals surface area contributed by atoms with E-state index in [0.29, 0.717) is 5.75 Å². The number of rotatable bonds is 3. The van der Waals surface area contributed by atoms with Crippen molar-refractivity contribution >= 4 is 5.91 Å². The molecule has 0 saturated carbocycles. The molecule has 1 amide bonds. The number of ether oxygens (including phenoxy) is 1. The van der Waals surface area contributed by atoms with Gasteiger partial charge in [0.25, 0.3) is 5.91 Å². The van der Waals surface area contributed by atoms with Gasteiger partial charge in [-0.25, -0.2) is 0 Å². The van der Waals surface area contributed by atoms with E-state index in [4.69, 9.17) is 10.5 Å². The summed E-state index contributed by atoms with van der Waals surface area (Å²) in [6.07, 6.45) is 0. The second kappa shape index (κ2) is 4.67. The first-order chi connectivity index (χ1) is 8.59. The van der Waals surface area contributed by atoms with Gasteiger partial charge in [-0.05, 0) is 24.3 Å². The molecule has 0 aliphatic carbocycles. The summed E-state index contributed by atoms with van der Waals surface area (Å²) in [4.78, 5) is 11.2. The topological polar surface area (TPSA) is 92.8 Å². The molecule has 2 aromatic rings. The average molecular weight is 245 g/mol. The van der Waals surface area contributed by atoms with Gasteiger partial charge < -0.3 is 20.7 Å². The van der Waals surface area contributed by atoms with Crippen LogP contribution < -0.4 is 10.5 Å². The number of hydrogen-bond donors (Lipinski definition) is 3. The molecular weight excluding hydrogens is 234 g/mol. The molecule has 0 unspecified atom stereocenters. The molecule has 18 heavy (non-hydrogen) atoms. The maximum Gasteiger partial charge on any atom is 0.252 e. The van der Waals surface area contributed by atoms with Crippen molar-refractivity contribution in [1.82, 2.24) is 0 Å². The molecule has 92 valence electrons. The van der Waals surface area contributed by atoms with Crippen molar-refractivity contribution in [2.45, 2.75) is 0 Å². The molecule has 0 aromatic heterocycles. The van der Waals surface area contributed by atoms with Gasteiger partial charge >= 0.3 is 0 Å². The van der Waals surface area contributed by atoms with E-state index in [9.17, 15) is 15.0 Å². The van der Waals surface area contributed by atoms with Gasteiger partial charge in [0, 0.05) is 0 Å². The smallest absolute Gasteiger partial charge is 0.252 e. The Morgan fingerprint density at radius 3 is 2.33 bits per heavy atom. The predicted molar refractivity (Wildman–Crippen MR) is 64.8 cm³/mol. The monoisotopic (exact) mass is 245 g/mol. The van der Waals surface area contributed by atoms with Crippen molar-refractivity contribution in [3.05, 3.63) is 48.0 Å². The predicted octanol–water partition coefficient (Wildman–Crippen LogP) is 1.99. The zero-order valence-corrected chi connectivity index (χ0v) is 9.33. The standard InChI is InChI=1S/C13H11NO4/c14-13(17)9-6-7-10(15)11(16)12(9)18-8-4-2-1-3-5-8/h1-7,15-16H,(H2,14,17). The van der Waals surface area contributed by atoms with Gasteiger partial charge in [-0.3, -0.25) is 4.79 Å². The first kappa shape index (κ1) is 11.8. The third-order valence-corrected chi connectivity index (χ3v) is 2.34. The lowest BCUT2D eigenvalue weighted by atomic mass is 10.1. The second-order valence-corrected chi connectivity index (χ2v) is 3.59. The maximum atomic E-state index is 11.2. The zero-order chi connectivity index (χ0) is 13.1. The Kier molecular flexibility index (Phi) is 3.05. The van der Waals surface area contributed by atoms with Gasteiger partial charge in [0.05, 0.1) is 5.56 Å².